The summed E-state index contributed by atoms with van der Waals surface area (Å²) in [7, 11) is -3.24. The molecule has 0 spiro atoms. The number of nitrogens with one attached hydrogen (secondary N) is 1. The summed E-state index contributed by atoms with van der Waals surface area (Å²) in [6.07, 6.45) is -0.0312. The number of halogens is 3. The van der Waals surface area contributed by atoms with Gasteiger partial charge in [0.15, 0.2) is 0 Å². The molecule has 2 atom stereocenters. The lowest BCUT2D eigenvalue weighted by molar-refractivity contribution is -0.141. The molecule has 3 fully saturated rings. The number of sulfonamides is 1. The number of carbonyl (C=O) groups is 1. The second-order valence-corrected chi connectivity index (χ2v) is 10.2. The summed E-state index contributed by atoms with van der Waals surface area (Å²) in [5.41, 5.74) is -0.779. The number of alkyl halides is 3. The van der Waals surface area contributed by atoms with Gasteiger partial charge in [0.25, 0.3) is 5.91 Å². The smallest absolute Gasteiger partial charge is 0.352 e. The molecule has 6 nitrogen and oxygen atoms in total. The Hall–Kier alpha value is -1.68. The zero-order valence-corrected chi connectivity index (χ0v) is 16.7. The lowest BCUT2D eigenvalue weighted by Gasteiger charge is -2.28. The van der Waals surface area contributed by atoms with Gasteiger partial charge in [-0.05, 0) is 50.2 Å². The highest BCUT2D eigenvalue weighted by Gasteiger charge is 2.41. The largest absolute Gasteiger partial charge is 0.433 e. The number of hydrogen-bond acceptors (Lipinski definition) is 4. The molecule has 2 saturated carbocycles. The Balaban J connectivity index is 1.46. The molecule has 1 aromatic rings. The summed E-state index contributed by atoms with van der Waals surface area (Å²) >= 11 is 0. The Morgan fingerprint density at radius 1 is 1.17 bits per heavy atom. The van der Waals surface area contributed by atoms with Gasteiger partial charge in [-0.2, -0.15) is 17.5 Å². The molecule has 1 saturated heterocycles. The van der Waals surface area contributed by atoms with E-state index in [4.69, 9.17) is 0 Å². The molecule has 3 aliphatic rings. The quantitative estimate of drug-likeness (QED) is 0.778. The van der Waals surface area contributed by atoms with Crippen molar-refractivity contribution in [3.05, 3.63) is 29.1 Å². The first kappa shape index (κ1) is 20.6. The maximum atomic E-state index is 13.2. The summed E-state index contributed by atoms with van der Waals surface area (Å²) in [6.45, 7) is 0.749. The van der Waals surface area contributed by atoms with Gasteiger partial charge in [0.1, 0.15) is 5.69 Å². The van der Waals surface area contributed by atoms with Gasteiger partial charge < -0.3 is 5.32 Å². The second-order valence-electron chi connectivity index (χ2n) is 8.19. The summed E-state index contributed by atoms with van der Waals surface area (Å²) in [6, 6.07) is 2.09. The number of amides is 1. The molecule has 2 heterocycles. The Kier molecular flexibility index (Phi) is 5.35. The molecule has 1 aliphatic heterocycles. The van der Waals surface area contributed by atoms with E-state index in [2.05, 4.69) is 10.3 Å². The Morgan fingerprint density at radius 2 is 1.93 bits per heavy atom. The lowest BCUT2D eigenvalue weighted by Crippen LogP contribution is -2.43. The Bertz CT molecular complexity index is 900. The third-order valence-electron chi connectivity index (χ3n) is 6.05. The first-order chi connectivity index (χ1) is 13.6. The topological polar surface area (TPSA) is 79.4 Å². The minimum absolute atomic E-state index is 0.0107. The van der Waals surface area contributed by atoms with Crippen LogP contribution in [0.15, 0.2) is 12.1 Å². The van der Waals surface area contributed by atoms with E-state index in [0.717, 1.165) is 38.2 Å². The van der Waals surface area contributed by atoms with Gasteiger partial charge in [0.05, 0.1) is 5.75 Å². The fourth-order valence-electron chi connectivity index (χ4n) is 4.41. The molecule has 1 N–H and O–H groups in total. The molecular weight excluding hydrogens is 407 g/mol. The van der Waals surface area contributed by atoms with Crippen molar-refractivity contribution >= 4 is 15.9 Å². The number of aromatic nitrogens is 1. The summed E-state index contributed by atoms with van der Waals surface area (Å²) in [4.78, 5) is 16.3. The molecule has 0 radical (unpaired) electrons. The van der Waals surface area contributed by atoms with Gasteiger partial charge in [-0.25, -0.2) is 13.4 Å². The van der Waals surface area contributed by atoms with Crippen LogP contribution in [-0.2, 0) is 16.2 Å². The molecular formula is C19H24F3N3O3S. The van der Waals surface area contributed by atoms with Crippen LogP contribution >= 0.6 is 0 Å². The van der Waals surface area contributed by atoms with Crippen molar-refractivity contribution in [2.75, 3.05) is 18.8 Å². The lowest BCUT2D eigenvalue weighted by atomic mass is 10.0. The summed E-state index contributed by atoms with van der Waals surface area (Å²) in [5, 5.41) is 2.73. The van der Waals surface area contributed by atoms with E-state index >= 15 is 0 Å². The van der Waals surface area contributed by atoms with Crippen LogP contribution in [0.4, 0.5) is 13.2 Å². The third-order valence-corrected chi connectivity index (χ3v) is 8.02. The van der Waals surface area contributed by atoms with Crippen molar-refractivity contribution in [3.63, 3.8) is 0 Å². The van der Waals surface area contributed by atoms with Gasteiger partial charge in [-0.3, -0.25) is 4.79 Å². The van der Waals surface area contributed by atoms with E-state index in [9.17, 15) is 26.4 Å². The van der Waals surface area contributed by atoms with Gasteiger partial charge in [-0.15, -0.1) is 0 Å². The van der Waals surface area contributed by atoms with Crippen molar-refractivity contribution in [2.24, 2.45) is 5.92 Å². The van der Waals surface area contributed by atoms with Crippen LogP contribution in [0.5, 0.6) is 0 Å². The van der Waals surface area contributed by atoms with Crippen LogP contribution in [0.1, 0.15) is 66.2 Å². The van der Waals surface area contributed by atoms with E-state index in [1.807, 2.05) is 0 Å². The first-order valence-electron chi connectivity index (χ1n) is 10.0. The molecule has 2 unspecified atom stereocenters. The molecule has 10 heteroatoms. The van der Waals surface area contributed by atoms with E-state index in [0.29, 0.717) is 18.7 Å². The summed E-state index contributed by atoms with van der Waals surface area (Å²) in [5.74, 6) is -0.458. The fourth-order valence-corrected chi connectivity index (χ4v) is 6.23. The molecule has 29 heavy (non-hydrogen) atoms. The highest BCUT2D eigenvalue weighted by atomic mass is 32.2. The normalized spacial score (nSPS) is 27.3. The van der Waals surface area contributed by atoms with Gasteiger partial charge >= 0.3 is 6.18 Å². The molecule has 1 amide bonds. The van der Waals surface area contributed by atoms with Crippen molar-refractivity contribution in [1.82, 2.24) is 14.6 Å². The summed E-state index contributed by atoms with van der Waals surface area (Å²) < 4.78 is 65.5. The zero-order chi connectivity index (χ0) is 20.8. The molecule has 0 bridgehead atoms. The molecule has 2 aliphatic carbocycles. The van der Waals surface area contributed by atoms with Gasteiger partial charge in [0.2, 0.25) is 10.0 Å². The average Bonchev–Trinajstić information content (AvgIpc) is 3.31. The van der Waals surface area contributed by atoms with Gasteiger partial charge in [0, 0.05) is 36.3 Å². The number of rotatable bonds is 5. The number of pyridine rings is 1. The van der Waals surface area contributed by atoms with Crippen LogP contribution in [0.3, 0.4) is 0 Å². The van der Waals surface area contributed by atoms with Crippen molar-refractivity contribution in [2.45, 2.75) is 56.7 Å². The number of carbonyl (C=O) groups excluding carboxylic acids is 1. The minimum Gasteiger partial charge on any atom is -0.352 e. The molecule has 0 aromatic carbocycles. The average molecular weight is 431 g/mol. The highest BCUT2D eigenvalue weighted by Crippen LogP contribution is 2.41. The first-order valence-corrected chi connectivity index (χ1v) is 11.6. The SMILES string of the molecule is O=C(NCC1CCCC1N1CCCS1(=O)=O)c1cc(C2CC2)nc(C(F)(F)F)c1. The Labute approximate surface area is 167 Å². The monoisotopic (exact) mass is 431 g/mol. The van der Waals surface area contributed by atoms with Crippen LogP contribution in [0, 0.1) is 5.92 Å². The van der Waals surface area contributed by atoms with Crippen LogP contribution < -0.4 is 5.32 Å². The molecule has 4 rings (SSSR count). The predicted molar refractivity (Wildman–Crippen MR) is 99.8 cm³/mol. The zero-order valence-electron chi connectivity index (χ0n) is 15.9. The maximum absolute atomic E-state index is 13.2. The highest BCUT2D eigenvalue weighted by molar-refractivity contribution is 7.89. The molecule has 160 valence electrons. The fraction of sp³-hybridized carbons (Fsp3) is 0.684. The van der Waals surface area contributed by atoms with E-state index in [1.54, 1.807) is 4.31 Å². The van der Waals surface area contributed by atoms with Crippen LogP contribution in [0.2, 0.25) is 0 Å². The second kappa shape index (κ2) is 7.54. The van der Waals surface area contributed by atoms with E-state index in [-0.39, 0.29) is 35.7 Å². The maximum Gasteiger partial charge on any atom is 0.433 e. The number of hydrogen-bond donors (Lipinski definition) is 1. The molecule has 1 aromatic heterocycles. The third kappa shape index (κ3) is 4.42. The van der Waals surface area contributed by atoms with Crippen molar-refractivity contribution in [1.29, 1.82) is 0 Å². The standard InChI is InChI=1S/C19H24F3N3O3S/c20-19(21,22)17-10-14(9-15(24-17)12-5-6-12)18(26)23-11-13-3-1-4-16(13)25-7-2-8-29(25,27)28/h9-10,12-13,16H,1-8,11H2,(H,23,26). The van der Waals surface area contributed by atoms with Gasteiger partial charge in [-0.1, -0.05) is 6.42 Å². The van der Waals surface area contributed by atoms with E-state index < -0.39 is 27.8 Å². The minimum atomic E-state index is -4.61. The number of nitrogens with zero attached hydrogens (tertiary/aromatic N) is 2. The predicted octanol–water partition coefficient (Wildman–Crippen LogP) is 2.91. The van der Waals surface area contributed by atoms with Crippen LogP contribution in [-0.4, -0.2) is 48.5 Å². The Morgan fingerprint density at radius 3 is 2.55 bits per heavy atom. The van der Waals surface area contributed by atoms with Crippen molar-refractivity contribution in [3.8, 4) is 0 Å². The van der Waals surface area contributed by atoms with E-state index in [1.165, 1.54) is 6.07 Å². The van der Waals surface area contributed by atoms with Crippen molar-refractivity contribution < 1.29 is 26.4 Å². The van der Waals surface area contributed by atoms with Crippen LogP contribution in [0.25, 0.3) is 0 Å².